The largest absolute Gasteiger partial charge is 0.506 e. The summed E-state index contributed by atoms with van der Waals surface area (Å²) < 4.78 is 0. The molecule has 0 aliphatic heterocycles. The van der Waals surface area contributed by atoms with Crippen molar-refractivity contribution in [2.75, 3.05) is 32.1 Å². The van der Waals surface area contributed by atoms with Gasteiger partial charge in [-0.15, -0.1) is 0 Å². The molecule has 0 spiro atoms. The van der Waals surface area contributed by atoms with Gasteiger partial charge in [0.25, 0.3) is 0 Å². The van der Waals surface area contributed by atoms with Crippen LogP contribution in [0.5, 0.6) is 5.75 Å². The first-order valence-corrected chi connectivity index (χ1v) is 12.3. The molecule has 6 nitrogen and oxygen atoms in total. The Hall–Kier alpha value is -3.61. The van der Waals surface area contributed by atoms with E-state index in [1.54, 1.807) is 24.5 Å². The molecule has 0 atom stereocenters. The van der Waals surface area contributed by atoms with Crippen molar-refractivity contribution in [3.63, 3.8) is 0 Å². The fourth-order valence-corrected chi connectivity index (χ4v) is 4.04. The van der Waals surface area contributed by atoms with Gasteiger partial charge in [0.05, 0.1) is 16.4 Å². The molecular weight excluding hydrogens is 470 g/mol. The maximum Gasteiger partial charge on any atom is 0.134 e. The number of aromatic amines is 1. The third kappa shape index (κ3) is 5.96. The first-order valence-electron chi connectivity index (χ1n) is 11.9. The van der Waals surface area contributed by atoms with Crippen molar-refractivity contribution in [1.82, 2.24) is 20.3 Å². The van der Waals surface area contributed by atoms with E-state index in [2.05, 4.69) is 70.4 Å². The number of imidazole rings is 1. The lowest BCUT2D eigenvalue weighted by atomic mass is 9.92. The summed E-state index contributed by atoms with van der Waals surface area (Å²) in [6, 6.07) is 17.6. The number of pyridine rings is 1. The number of hydrogen-bond acceptors (Lipinski definition) is 5. The molecule has 2 aromatic carbocycles. The second kappa shape index (κ2) is 11.0. The average molecular weight is 502 g/mol. The van der Waals surface area contributed by atoms with Crippen LogP contribution < -0.4 is 10.2 Å². The zero-order valence-electron chi connectivity index (χ0n) is 21.1. The van der Waals surface area contributed by atoms with Crippen molar-refractivity contribution < 1.29 is 5.11 Å². The van der Waals surface area contributed by atoms with Crippen LogP contribution in [0.1, 0.15) is 25.2 Å². The summed E-state index contributed by atoms with van der Waals surface area (Å²) >= 11 is 6.04. The van der Waals surface area contributed by atoms with Gasteiger partial charge in [0.2, 0.25) is 0 Å². The van der Waals surface area contributed by atoms with Gasteiger partial charge in [-0.05, 0) is 42.0 Å². The number of aromatic hydroxyl groups is 1. The van der Waals surface area contributed by atoms with Crippen molar-refractivity contribution in [1.29, 1.82) is 0 Å². The van der Waals surface area contributed by atoms with Gasteiger partial charge in [-0.25, -0.2) is 4.98 Å². The van der Waals surface area contributed by atoms with Crippen LogP contribution in [-0.4, -0.2) is 47.2 Å². The molecule has 7 heteroatoms. The number of phenolic OH excluding ortho intramolecular Hbond substituents is 1. The van der Waals surface area contributed by atoms with Gasteiger partial charge in [0.1, 0.15) is 11.6 Å². The number of rotatable bonds is 9. The molecule has 2 aromatic heterocycles. The van der Waals surface area contributed by atoms with Crippen LogP contribution >= 0.6 is 11.6 Å². The van der Waals surface area contributed by atoms with Crippen molar-refractivity contribution >= 4 is 23.4 Å². The summed E-state index contributed by atoms with van der Waals surface area (Å²) in [6.07, 6.45) is 7.77. The second-order valence-electron chi connectivity index (χ2n) is 9.61. The third-order valence-electron chi connectivity index (χ3n) is 6.08. The third-order valence-corrected chi connectivity index (χ3v) is 6.40. The normalized spacial score (nSPS) is 11.8. The number of anilines is 1. The van der Waals surface area contributed by atoms with Crippen LogP contribution in [0.4, 0.5) is 5.69 Å². The van der Waals surface area contributed by atoms with Crippen molar-refractivity contribution in [3.8, 4) is 28.3 Å². The molecule has 0 bridgehead atoms. The molecule has 0 unspecified atom stereocenters. The van der Waals surface area contributed by atoms with E-state index in [-0.39, 0.29) is 11.2 Å². The molecular formula is C29H32ClN5O. The highest BCUT2D eigenvalue weighted by atomic mass is 35.5. The van der Waals surface area contributed by atoms with E-state index in [0.29, 0.717) is 5.02 Å². The standard InChI is InChI=1S/C29H32ClN5O/c1-29(2,19-32-15-5-6-20-7-10-23(11-8-20)35(3)4)28-33-26(21-13-16-31-17-14-21)27(34-28)22-9-12-24(30)25(36)18-22/h5-14,16-18,32,36H,15,19H2,1-4H3,(H,33,34). The highest BCUT2D eigenvalue weighted by molar-refractivity contribution is 6.32. The number of aromatic nitrogens is 3. The predicted octanol–water partition coefficient (Wildman–Crippen LogP) is 6.14. The Bertz CT molecular complexity index is 1330. The van der Waals surface area contributed by atoms with Crippen LogP contribution in [0.15, 0.2) is 73.1 Å². The summed E-state index contributed by atoms with van der Waals surface area (Å²) in [4.78, 5) is 14.7. The van der Waals surface area contributed by atoms with E-state index < -0.39 is 0 Å². The molecule has 0 fully saturated rings. The van der Waals surface area contributed by atoms with Crippen LogP contribution in [0.25, 0.3) is 28.6 Å². The van der Waals surface area contributed by atoms with Crippen LogP contribution in [0.2, 0.25) is 5.02 Å². The first-order chi connectivity index (χ1) is 17.2. The van der Waals surface area contributed by atoms with Crippen LogP contribution in [-0.2, 0) is 5.41 Å². The van der Waals surface area contributed by atoms with Crippen LogP contribution in [0, 0.1) is 0 Å². The topological polar surface area (TPSA) is 77.1 Å². The molecule has 2 heterocycles. The summed E-state index contributed by atoms with van der Waals surface area (Å²) in [6.45, 7) is 5.78. The quantitative estimate of drug-likeness (QED) is 0.240. The van der Waals surface area contributed by atoms with Crippen LogP contribution in [0.3, 0.4) is 0 Å². The Balaban J connectivity index is 1.50. The zero-order chi connectivity index (χ0) is 25.7. The molecule has 0 saturated carbocycles. The van der Waals surface area contributed by atoms with Crippen molar-refractivity contribution in [3.05, 3.63) is 89.5 Å². The maximum absolute atomic E-state index is 10.2. The molecule has 0 saturated heterocycles. The van der Waals surface area contributed by atoms with Gasteiger partial charge < -0.3 is 20.3 Å². The second-order valence-corrected chi connectivity index (χ2v) is 10.0. The Kier molecular flexibility index (Phi) is 7.77. The zero-order valence-corrected chi connectivity index (χ0v) is 21.8. The van der Waals surface area contributed by atoms with Gasteiger partial charge >= 0.3 is 0 Å². The molecule has 36 heavy (non-hydrogen) atoms. The molecule has 0 radical (unpaired) electrons. The Morgan fingerprint density at radius 3 is 2.42 bits per heavy atom. The Morgan fingerprint density at radius 2 is 1.75 bits per heavy atom. The Morgan fingerprint density at radius 1 is 1.03 bits per heavy atom. The van der Waals surface area contributed by atoms with E-state index in [1.165, 1.54) is 11.3 Å². The molecule has 0 aliphatic carbocycles. The number of nitrogens with one attached hydrogen (secondary N) is 2. The molecule has 0 aliphatic rings. The Labute approximate surface area is 217 Å². The minimum Gasteiger partial charge on any atom is -0.506 e. The molecule has 3 N–H and O–H groups in total. The van der Waals surface area contributed by atoms with Gasteiger partial charge in [0, 0.05) is 61.8 Å². The smallest absolute Gasteiger partial charge is 0.134 e. The van der Waals surface area contributed by atoms with E-state index in [4.69, 9.17) is 16.6 Å². The number of phenols is 1. The average Bonchev–Trinajstić information content (AvgIpc) is 3.33. The SMILES string of the molecule is CN(C)c1ccc(C=CCNCC(C)(C)c2nc(-c3ccc(Cl)c(O)c3)c(-c3ccncc3)[nH]2)cc1. The molecule has 4 rings (SSSR count). The molecule has 0 amide bonds. The molecule has 4 aromatic rings. The maximum atomic E-state index is 10.2. The summed E-state index contributed by atoms with van der Waals surface area (Å²) in [5.74, 6) is 0.887. The fraction of sp³-hybridized carbons (Fsp3) is 0.241. The fourth-order valence-electron chi connectivity index (χ4n) is 3.92. The van der Waals surface area contributed by atoms with E-state index >= 15 is 0 Å². The van der Waals surface area contributed by atoms with Gasteiger partial charge in [0.15, 0.2) is 0 Å². The monoisotopic (exact) mass is 501 g/mol. The highest BCUT2D eigenvalue weighted by Gasteiger charge is 2.27. The lowest BCUT2D eigenvalue weighted by molar-refractivity contribution is 0.460. The minimum absolute atomic E-state index is 0.0310. The number of hydrogen-bond donors (Lipinski definition) is 3. The lowest BCUT2D eigenvalue weighted by Crippen LogP contribution is -2.34. The summed E-state index contributed by atoms with van der Waals surface area (Å²) in [7, 11) is 4.08. The van der Waals surface area contributed by atoms with E-state index in [0.717, 1.165) is 41.4 Å². The van der Waals surface area contributed by atoms with Crippen molar-refractivity contribution in [2.45, 2.75) is 19.3 Å². The number of benzene rings is 2. The number of halogens is 1. The van der Waals surface area contributed by atoms with Gasteiger partial charge in [-0.3, -0.25) is 4.98 Å². The predicted molar refractivity (Wildman–Crippen MR) is 150 cm³/mol. The first kappa shape index (κ1) is 25.5. The highest BCUT2D eigenvalue weighted by Crippen LogP contribution is 2.36. The number of nitrogens with zero attached hydrogens (tertiary/aromatic N) is 3. The molecule has 186 valence electrons. The van der Waals surface area contributed by atoms with Gasteiger partial charge in [-0.2, -0.15) is 0 Å². The lowest BCUT2D eigenvalue weighted by Gasteiger charge is -2.22. The van der Waals surface area contributed by atoms with Gasteiger partial charge in [-0.1, -0.05) is 55.8 Å². The van der Waals surface area contributed by atoms with E-state index in [1.807, 2.05) is 32.3 Å². The minimum atomic E-state index is -0.268. The van der Waals surface area contributed by atoms with E-state index in [9.17, 15) is 5.11 Å². The summed E-state index contributed by atoms with van der Waals surface area (Å²) in [5.41, 5.74) is 5.49. The number of H-pyrrole nitrogens is 1. The van der Waals surface area contributed by atoms with Crippen molar-refractivity contribution in [2.24, 2.45) is 0 Å². The summed E-state index contributed by atoms with van der Waals surface area (Å²) in [5, 5.41) is 14.0.